The van der Waals surface area contributed by atoms with Crippen molar-refractivity contribution in [2.45, 2.75) is 52.5 Å². The highest BCUT2D eigenvalue weighted by Crippen LogP contribution is 2.36. The van der Waals surface area contributed by atoms with Crippen LogP contribution in [0.5, 0.6) is 0 Å². The van der Waals surface area contributed by atoms with Crippen molar-refractivity contribution < 1.29 is 9.59 Å². The predicted molar refractivity (Wildman–Crippen MR) is 107 cm³/mol. The third kappa shape index (κ3) is 5.31. The number of benzene rings is 1. The first-order valence-electron chi connectivity index (χ1n) is 9.19. The lowest BCUT2D eigenvalue weighted by molar-refractivity contribution is -0.122. The van der Waals surface area contributed by atoms with Crippen molar-refractivity contribution in [2.24, 2.45) is 16.8 Å². The number of aliphatic imine (C=N–C) groups is 1. The fourth-order valence-corrected chi connectivity index (χ4v) is 3.13. The van der Waals surface area contributed by atoms with E-state index >= 15 is 0 Å². The molecule has 0 bridgehead atoms. The number of anilines is 1. The predicted octanol–water partition coefficient (Wildman–Crippen LogP) is 4.02. The molecule has 0 spiro atoms. The Labute approximate surface area is 160 Å². The molecule has 1 aromatic rings. The summed E-state index contributed by atoms with van der Waals surface area (Å²) in [6.45, 7) is 9.00. The summed E-state index contributed by atoms with van der Waals surface area (Å²) in [5, 5.41) is 6.26. The second kappa shape index (κ2) is 9.17. The van der Waals surface area contributed by atoms with E-state index < -0.39 is 12.0 Å². The summed E-state index contributed by atoms with van der Waals surface area (Å²) in [4.78, 5) is 29.3. The summed E-state index contributed by atoms with van der Waals surface area (Å²) in [7, 11) is 0. The fourth-order valence-electron chi connectivity index (χ4n) is 2.90. The van der Waals surface area contributed by atoms with Crippen LogP contribution in [0, 0.1) is 11.8 Å². The second-order valence-corrected chi connectivity index (χ2v) is 8.00. The quantitative estimate of drug-likeness (QED) is 0.671. The summed E-state index contributed by atoms with van der Waals surface area (Å²) in [5.41, 5.74) is 1.44. The van der Waals surface area contributed by atoms with Gasteiger partial charge >= 0.3 is 0 Å². The minimum Gasteiger partial charge on any atom is -0.354 e. The van der Waals surface area contributed by atoms with Crippen molar-refractivity contribution in [3.63, 3.8) is 0 Å². The van der Waals surface area contributed by atoms with Crippen molar-refractivity contribution >= 4 is 35.3 Å². The third-order valence-electron chi connectivity index (χ3n) is 4.34. The zero-order valence-corrected chi connectivity index (χ0v) is 16.6. The molecule has 142 valence electrons. The molecule has 2 atom stereocenters. The van der Waals surface area contributed by atoms with Crippen molar-refractivity contribution in [3.05, 3.63) is 28.8 Å². The number of halogens is 1. The van der Waals surface area contributed by atoms with Gasteiger partial charge in [0, 0.05) is 12.8 Å². The van der Waals surface area contributed by atoms with E-state index in [-0.39, 0.29) is 11.8 Å². The highest BCUT2D eigenvalue weighted by atomic mass is 35.5. The van der Waals surface area contributed by atoms with Crippen molar-refractivity contribution in [1.82, 2.24) is 5.32 Å². The zero-order valence-electron chi connectivity index (χ0n) is 15.9. The summed E-state index contributed by atoms with van der Waals surface area (Å²) in [6, 6.07) is 4.92. The summed E-state index contributed by atoms with van der Waals surface area (Å²) < 4.78 is 0. The van der Waals surface area contributed by atoms with E-state index in [9.17, 15) is 9.59 Å². The largest absolute Gasteiger partial charge is 0.354 e. The molecular formula is C20H28ClN3O2. The molecule has 26 heavy (non-hydrogen) atoms. The van der Waals surface area contributed by atoms with Gasteiger partial charge in [0.2, 0.25) is 11.8 Å². The Morgan fingerprint density at radius 2 is 2.04 bits per heavy atom. The number of rotatable bonds is 8. The monoisotopic (exact) mass is 377 g/mol. The summed E-state index contributed by atoms with van der Waals surface area (Å²) >= 11 is 6.14. The number of para-hydroxylation sites is 1. The van der Waals surface area contributed by atoms with Crippen LogP contribution in [0.1, 0.15) is 52.0 Å². The molecule has 1 aliphatic heterocycles. The first kappa shape index (κ1) is 20.4. The Kier molecular flexibility index (Phi) is 7.21. The highest BCUT2D eigenvalue weighted by Gasteiger charge is 2.31. The van der Waals surface area contributed by atoms with E-state index in [4.69, 9.17) is 11.6 Å². The van der Waals surface area contributed by atoms with E-state index in [0.29, 0.717) is 35.5 Å². The Morgan fingerprint density at radius 1 is 1.31 bits per heavy atom. The number of amides is 2. The first-order valence-corrected chi connectivity index (χ1v) is 9.57. The molecule has 1 aromatic carbocycles. The average molecular weight is 378 g/mol. The zero-order chi connectivity index (χ0) is 19.3. The third-order valence-corrected chi connectivity index (χ3v) is 4.66. The molecule has 6 heteroatoms. The van der Waals surface area contributed by atoms with Gasteiger partial charge < -0.3 is 10.6 Å². The Morgan fingerprint density at radius 3 is 2.69 bits per heavy atom. The summed E-state index contributed by atoms with van der Waals surface area (Å²) in [6.07, 6.45) is 3.16. The number of carbonyl (C=O) groups excluding carboxylic acids is 2. The van der Waals surface area contributed by atoms with Crippen LogP contribution < -0.4 is 10.6 Å². The Hall–Kier alpha value is -1.88. The van der Waals surface area contributed by atoms with Crippen molar-refractivity contribution in [1.29, 1.82) is 0 Å². The molecule has 0 aliphatic carbocycles. The van der Waals surface area contributed by atoms with Gasteiger partial charge in [-0.2, -0.15) is 0 Å². The number of carbonyl (C=O) groups is 2. The van der Waals surface area contributed by atoms with E-state index in [1.807, 2.05) is 12.1 Å². The lowest BCUT2D eigenvalue weighted by atomic mass is 10.0. The Balaban J connectivity index is 2.11. The van der Waals surface area contributed by atoms with Gasteiger partial charge in [0.05, 0.1) is 10.7 Å². The molecule has 0 saturated heterocycles. The van der Waals surface area contributed by atoms with Crippen LogP contribution in [0.4, 0.5) is 5.69 Å². The average Bonchev–Trinajstić information content (AvgIpc) is 2.88. The molecular weight excluding hydrogens is 350 g/mol. The van der Waals surface area contributed by atoms with Crippen LogP contribution in [0.25, 0.3) is 0 Å². The number of hydrogen-bond donors (Lipinski definition) is 2. The normalized spacial score (nSPS) is 17.7. The van der Waals surface area contributed by atoms with Gasteiger partial charge in [-0.25, -0.2) is 0 Å². The van der Waals surface area contributed by atoms with Gasteiger partial charge in [-0.3, -0.25) is 14.6 Å². The number of fused-ring (bicyclic) bond motifs is 1. The minimum absolute atomic E-state index is 0.0830. The molecule has 0 aromatic heterocycles. The van der Waals surface area contributed by atoms with Gasteiger partial charge in [-0.15, -0.1) is 0 Å². The topological polar surface area (TPSA) is 70.6 Å². The van der Waals surface area contributed by atoms with Crippen molar-refractivity contribution in [2.75, 3.05) is 11.9 Å². The molecule has 2 N–H and O–H groups in total. The van der Waals surface area contributed by atoms with Gasteiger partial charge in [-0.05, 0) is 36.3 Å². The van der Waals surface area contributed by atoms with Gasteiger partial charge in [0.15, 0.2) is 0 Å². The number of hydrogen-bond acceptors (Lipinski definition) is 3. The van der Waals surface area contributed by atoms with E-state index in [1.165, 1.54) is 0 Å². The molecule has 0 radical (unpaired) electrons. The molecule has 2 amide bonds. The van der Waals surface area contributed by atoms with Gasteiger partial charge in [0.25, 0.3) is 0 Å². The first-order chi connectivity index (χ1) is 12.3. The van der Waals surface area contributed by atoms with Crippen LogP contribution in [0.3, 0.4) is 0 Å². The van der Waals surface area contributed by atoms with Crippen LogP contribution in [0.2, 0.25) is 5.02 Å². The lowest BCUT2D eigenvalue weighted by Gasteiger charge is -2.16. The molecule has 0 saturated carbocycles. The van der Waals surface area contributed by atoms with Crippen LogP contribution in [0.15, 0.2) is 23.2 Å². The molecule has 1 unspecified atom stereocenters. The summed E-state index contributed by atoms with van der Waals surface area (Å²) in [5.74, 6) is 0.0976. The second-order valence-electron chi connectivity index (χ2n) is 7.59. The van der Waals surface area contributed by atoms with Crippen LogP contribution in [-0.2, 0) is 9.59 Å². The van der Waals surface area contributed by atoms with E-state index in [0.717, 1.165) is 12.0 Å². The van der Waals surface area contributed by atoms with Crippen LogP contribution >= 0.6 is 11.6 Å². The van der Waals surface area contributed by atoms with Crippen LogP contribution in [-0.4, -0.2) is 30.6 Å². The molecule has 1 heterocycles. The molecule has 2 rings (SSSR count). The fraction of sp³-hybridized carbons (Fsp3) is 0.550. The van der Waals surface area contributed by atoms with E-state index in [1.54, 1.807) is 12.3 Å². The Bertz CT molecular complexity index is 686. The molecule has 0 fully saturated rings. The smallest absolute Gasteiger partial charge is 0.244 e. The lowest BCUT2D eigenvalue weighted by Crippen LogP contribution is -2.35. The van der Waals surface area contributed by atoms with E-state index in [2.05, 4.69) is 43.3 Å². The highest BCUT2D eigenvalue weighted by molar-refractivity contribution is 6.35. The van der Waals surface area contributed by atoms with Gasteiger partial charge in [-0.1, -0.05) is 51.4 Å². The SMILES string of the molecule is CC(C)CCNC(=O)[C@H](CC(C)C)N=CC1C(=O)Nc2c(Cl)cccc21. The molecule has 5 nitrogen and oxygen atoms in total. The standard InChI is InChI=1S/C20H28ClN3O2/c1-12(2)8-9-22-20(26)17(10-13(3)4)23-11-15-14-6-5-7-16(21)18(14)24-19(15)25/h5-7,11-13,15,17H,8-10H2,1-4H3,(H,22,26)(H,24,25)/t15?,17-/m0/s1. The number of nitrogens with zero attached hydrogens (tertiary/aromatic N) is 1. The molecule has 1 aliphatic rings. The maximum absolute atomic E-state index is 12.5. The minimum atomic E-state index is -0.512. The van der Waals surface area contributed by atoms with Crippen molar-refractivity contribution in [3.8, 4) is 0 Å². The maximum atomic E-state index is 12.5. The maximum Gasteiger partial charge on any atom is 0.244 e. The number of nitrogens with one attached hydrogen (secondary N) is 2. The van der Waals surface area contributed by atoms with Gasteiger partial charge in [0.1, 0.15) is 12.0 Å².